The number of benzene rings is 1. The molecule has 0 radical (unpaired) electrons. The molecule has 1 saturated carbocycles. The second kappa shape index (κ2) is 8.24. The molecule has 1 N–H and O–H groups in total. The minimum absolute atomic E-state index is 0.0136. The van der Waals surface area contributed by atoms with Gasteiger partial charge in [-0.2, -0.15) is 0 Å². The van der Waals surface area contributed by atoms with Crippen LogP contribution < -0.4 is 5.32 Å². The van der Waals surface area contributed by atoms with Crippen molar-refractivity contribution < 1.29 is 14.3 Å². The zero-order valence-corrected chi connectivity index (χ0v) is 17.8. The summed E-state index contributed by atoms with van der Waals surface area (Å²) in [6.07, 6.45) is 2.92. The van der Waals surface area contributed by atoms with E-state index in [0.29, 0.717) is 28.8 Å². The van der Waals surface area contributed by atoms with E-state index in [1.54, 1.807) is 12.1 Å². The Morgan fingerprint density at radius 1 is 1.31 bits per heavy atom. The lowest BCUT2D eigenvalue weighted by molar-refractivity contribution is -0.136. The molecule has 152 valence electrons. The van der Waals surface area contributed by atoms with Crippen molar-refractivity contribution in [1.82, 2.24) is 10.2 Å². The van der Waals surface area contributed by atoms with Gasteiger partial charge in [0.15, 0.2) is 5.17 Å². The molecule has 1 aromatic rings. The largest absolute Gasteiger partial charge is 0.466 e. The van der Waals surface area contributed by atoms with Gasteiger partial charge in [-0.3, -0.25) is 4.79 Å². The van der Waals surface area contributed by atoms with E-state index >= 15 is 0 Å². The Balaban J connectivity index is 1.73. The highest BCUT2D eigenvalue weighted by Gasteiger charge is 2.41. The normalized spacial score (nSPS) is 20.8. The summed E-state index contributed by atoms with van der Waals surface area (Å²) >= 11 is 7.56. The van der Waals surface area contributed by atoms with Crippen LogP contribution in [0.25, 0.3) is 0 Å². The number of ether oxygens (including phenoxy) is 1. The lowest BCUT2D eigenvalue weighted by Gasteiger charge is -2.36. The first-order chi connectivity index (χ1) is 14.0. The zero-order valence-electron chi connectivity index (χ0n) is 16.3. The number of esters is 1. The van der Waals surface area contributed by atoms with Crippen molar-refractivity contribution in [2.45, 2.75) is 44.7 Å². The number of fused-ring (bicyclic) bond motifs is 1. The topological polar surface area (TPSA) is 71.0 Å². The van der Waals surface area contributed by atoms with Crippen LogP contribution in [0, 0.1) is 0 Å². The molecule has 2 aliphatic heterocycles. The molecular weight excluding hydrogens is 410 g/mol. The van der Waals surface area contributed by atoms with Gasteiger partial charge in [-0.05, 0) is 42.4 Å². The zero-order chi connectivity index (χ0) is 20.5. The van der Waals surface area contributed by atoms with Crippen LogP contribution in [-0.4, -0.2) is 35.1 Å². The molecule has 0 bridgehead atoms. The molecular formula is C21H22ClN3O3S. The summed E-state index contributed by atoms with van der Waals surface area (Å²) in [6, 6.07) is 7.28. The quantitative estimate of drug-likeness (QED) is 0.685. The van der Waals surface area contributed by atoms with E-state index in [1.807, 2.05) is 29.4 Å². The fraction of sp³-hybridized carbons (Fsp3) is 0.381. The summed E-state index contributed by atoms with van der Waals surface area (Å²) in [5.41, 5.74) is 2.91. The number of rotatable bonds is 6. The molecule has 1 aromatic carbocycles. The monoisotopic (exact) mass is 431 g/mol. The van der Waals surface area contributed by atoms with E-state index in [2.05, 4.69) is 5.32 Å². The summed E-state index contributed by atoms with van der Waals surface area (Å²) in [6.45, 7) is 1.97. The van der Waals surface area contributed by atoms with Crippen LogP contribution in [0.1, 0.15) is 44.2 Å². The minimum Gasteiger partial charge on any atom is -0.466 e. The fourth-order valence-electron chi connectivity index (χ4n) is 3.54. The molecule has 1 amide bonds. The Labute approximate surface area is 179 Å². The maximum atomic E-state index is 12.8. The van der Waals surface area contributed by atoms with Crippen molar-refractivity contribution in [3.8, 4) is 0 Å². The third kappa shape index (κ3) is 4.07. The Bertz CT molecular complexity index is 935. The number of amidine groups is 1. The highest BCUT2D eigenvalue weighted by atomic mass is 35.5. The summed E-state index contributed by atoms with van der Waals surface area (Å²) in [5, 5.41) is 6.36. The maximum Gasteiger partial charge on any atom is 0.338 e. The smallest absolute Gasteiger partial charge is 0.338 e. The van der Waals surface area contributed by atoms with E-state index in [9.17, 15) is 9.59 Å². The van der Waals surface area contributed by atoms with E-state index in [1.165, 1.54) is 18.9 Å². The van der Waals surface area contributed by atoms with Crippen LogP contribution in [0.2, 0.25) is 5.02 Å². The molecule has 6 nitrogen and oxygen atoms in total. The second-order valence-electron chi connectivity index (χ2n) is 7.17. The van der Waals surface area contributed by atoms with Crippen molar-refractivity contribution in [2.75, 3.05) is 7.11 Å². The summed E-state index contributed by atoms with van der Waals surface area (Å²) in [5.74, 6) is -0.427. The number of allylic oxidation sites excluding steroid dienone is 1. The van der Waals surface area contributed by atoms with Crippen LogP contribution >= 0.6 is 23.4 Å². The molecule has 1 atom stereocenters. The lowest BCUT2D eigenvalue weighted by atomic mass is 9.93. The molecule has 1 fully saturated rings. The lowest BCUT2D eigenvalue weighted by Crippen LogP contribution is -2.38. The van der Waals surface area contributed by atoms with Crippen LogP contribution in [0.15, 0.2) is 51.6 Å². The number of carbonyl (C=O) groups is 2. The van der Waals surface area contributed by atoms with Crippen molar-refractivity contribution in [3.05, 3.63) is 57.2 Å². The third-order valence-corrected chi connectivity index (χ3v) is 6.24. The first-order valence-electron chi connectivity index (χ1n) is 9.61. The summed E-state index contributed by atoms with van der Waals surface area (Å²) in [4.78, 5) is 31.9. The summed E-state index contributed by atoms with van der Waals surface area (Å²) < 4.78 is 5.10. The average molecular weight is 432 g/mol. The number of carbonyl (C=O) groups excluding carboxylic acids is 2. The Hall–Kier alpha value is -2.25. The van der Waals surface area contributed by atoms with E-state index in [0.717, 1.165) is 29.3 Å². The van der Waals surface area contributed by atoms with Gasteiger partial charge in [-0.1, -0.05) is 42.4 Å². The molecule has 0 saturated heterocycles. The van der Waals surface area contributed by atoms with E-state index in [4.69, 9.17) is 21.3 Å². The molecule has 1 aliphatic carbocycles. The van der Waals surface area contributed by atoms with E-state index in [-0.39, 0.29) is 12.3 Å². The number of aliphatic imine (C=N–C) groups is 1. The summed E-state index contributed by atoms with van der Waals surface area (Å²) in [7, 11) is 1.37. The third-order valence-electron chi connectivity index (χ3n) is 5.10. The number of hydrogen-bond donors (Lipinski definition) is 1. The molecule has 8 heteroatoms. The first-order valence-corrected chi connectivity index (χ1v) is 10.9. The van der Waals surface area contributed by atoms with Gasteiger partial charge in [-0.25, -0.2) is 9.79 Å². The average Bonchev–Trinajstić information content (AvgIpc) is 3.45. The Morgan fingerprint density at radius 3 is 2.66 bits per heavy atom. The Morgan fingerprint density at radius 2 is 2.03 bits per heavy atom. The van der Waals surface area contributed by atoms with Gasteiger partial charge in [0.1, 0.15) is 0 Å². The highest BCUT2D eigenvalue weighted by Crippen LogP contribution is 2.45. The molecule has 29 heavy (non-hydrogen) atoms. The van der Waals surface area contributed by atoms with Crippen LogP contribution in [0.3, 0.4) is 0 Å². The van der Waals surface area contributed by atoms with Gasteiger partial charge in [0.25, 0.3) is 0 Å². The number of hydrogen-bond acceptors (Lipinski definition) is 6. The van der Waals surface area contributed by atoms with Crippen LogP contribution in [-0.2, 0) is 14.3 Å². The first kappa shape index (κ1) is 20.0. The minimum atomic E-state index is -0.419. The number of nitrogens with zero attached hydrogens (tertiary/aromatic N) is 2. The predicted molar refractivity (Wildman–Crippen MR) is 114 cm³/mol. The Kier molecular flexibility index (Phi) is 5.69. The van der Waals surface area contributed by atoms with Gasteiger partial charge in [0, 0.05) is 16.8 Å². The molecule has 0 aromatic heterocycles. The fourth-order valence-corrected chi connectivity index (χ4v) is 4.61. The SMILES string of the molecule is CCC1=C(C(=O)OC)C(c2ccc(Cl)cc2)N2C(CC(=O)NC3CC3)=CSC2=N1. The predicted octanol–water partition coefficient (Wildman–Crippen LogP) is 4.15. The molecule has 1 unspecified atom stereocenters. The number of thioether (sulfide) groups is 1. The van der Waals surface area contributed by atoms with Crippen molar-refractivity contribution in [1.29, 1.82) is 0 Å². The van der Waals surface area contributed by atoms with E-state index < -0.39 is 12.0 Å². The molecule has 3 aliphatic rings. The standard InChI is InChI=1S/C21H22ClN3O3S/c1-3-16-18(20(27)28-2)19(12-4-6-13(22)7-5-12)25-15(11-29-21(25)24-16)10-17(26)23-14-8-9-14/h4-7,11,14,19H,3,8-10H2,1-2H3,(H,23,26). The number of nitrogens with one attached hydrogen (secondary N) is 1. The number of methoxy groups -OCH3 is 1. The van der Waals surface area contributed by atoms with Gasteiger partial charge in [0.2, 0.25) is 5.91 Å². The number of halogens is 1. The second-order valence-corrected chi connectivity index (χ2v) is 8.44. The van der Waals surface area contributed by atoms with Gasteiger partial charge in [-0.15, -0.1) is 0 Å². The van der Waals surface area contributed by atoms with Gasteiger partial charge >= 0.3 is 5.97 Å². The van der Waals surface area contributed by atoms with Crippen molar-refractivity contribution in [2.24, 2.45) is 4.99 Å². The number of amides is 1. The molecule has 0 spiro atoms. The van der Waals surface area contributed by atoms with Gasteiger partial charge in [0.05, 0.1) is 30.8 Å². The van der Waals surface area contributed by atoms with Gasteiger partial charge < -0.3 is 15.0 Å². The highest BCUT2D eigenvalue weighted by molar-refractivity contribution is 8.16. The van der Waals surface area contributed by atoms with Crippen molar-refractivity contribution in [3.63, 3.8) is 0 Å². The molecule has 4 rings (SSSR count). The molecule has 2 heterocycles. The maximum absolute atomic E-state index is 12.8. The van der Waals surface area contributed by atoms with Crippen molar-refractivity contribution >= 4 is 40.4 Å². The van der Waals surface area contributed by atoms with Crippen LogP contribution in [0.5, 0.6) is 0 Å². The van der Waals surface area contributed by atoms with Crippen LogP contribution in [0.4, 0.5) is 0 Å².